The lowest BCUT2D eigenvalue weighted by Crippen LogP contribution is -2.53. The fourth-order valence-corrected chi connectivity index (χ4v) is 3.29. The van der Waals surface area contributed by atoms with Crippen LogP contribution in [0.25, 0.3) is 0 Å². The molecular weight excluding hydrogens is 258 g/mol. The SMILES string of the molecule is CCC(C)[C@H](NC(=O)NC1CCN2CCCC12)C(=O)O. The van der Waals surface area contributed by atoms with Gasteiger partial charge in [0.15, 0.2) is 0 Å². The molecule has 0 radical (unpaired) electrons. The second-order valence-electron chi connectivity index (χ2n) is 5.96. The van der Waals surface area contributed by atoms with Crippen molar-refractivity contribution in [2.24, 2.45) is 5.92 Å². The molecule has 3 N–H and O–H groups in total. The van der Waals surface area contributed by atoms with Gasteiger partial charge in [0.25, 0.3) is 0 Å². The van der Waals surface area contributed by atoms with Crippen LogP contribution in [0.2, 0.25) is 0 Å². The van der Waals surface area contributed by atoms with Gasteiger partial charge in [-0.05, 0) is 31.7 Å². The van der Waals surface area contributed by atoms with E-state index in [9.17, 15) is 14.7 Å². The van der Waals surface area contributed by atoms with Gasteiger partial charge in [-0.15, -0.1) is 0 Å². The fraction of sp³-hybridized carbons (Fsp3) is 0.857. The first kappa shape index (κ1) is 15.1. The van der Waals surface area contributed by atoms with Gasteiger partial charge in [0.1, 0.15) is 6.04 Å². The van der Waals surface area contributed by atoms with E-state index in [0.29, 0.717) is 6.04 Å². The maximum absolute atomic E-state index is 12.0. The minimum Gasteiger partial charge on any atom is -0.480 e. The normalized spacial score (nSPS) is 28.7. The quantitative estimate of drug-likeness (QED) is 0.703. The number of carboxylic acid groups (broad SMARTS) is 1. The van der Waals surface area contributed by atoms with Gasteiger partial charge in [-0.3, -0.25) is 4.90 Å². The summed E-state index contributed by atoms with van der Waals surface area (Å²) in [4.78, 5) is 25.6. The molecule has 114 valence electrons. The summed E-state index contributed by atoms with van der Waals surface area (Å²) in [6.45, 7) is 5.92. The van der Waals surface area contributed by atoms with Crippen LogP contribution in [0.5, 0.6) is 0 Å². The van der Waals surface area contributed by atoms with Crippen molar-refractivity contribution in [2.45, 2.75) is 57.7 Å². The Morgan fingerprint density at radius 2 is 2.10 bits per heavy atom. The molecule has 6 heteroatoms. The summed E-state index contributed by atoms with van der Waals surface area (Å²) in [6, 6.07) is -0.575. The van der Waals surface area contributed by atoms with Gasteiger partial charge in [-0.25, -0.2) is 9.59 Å². The molecule has 0 aromatic heterocycles. The van der Waals surface area contributed by atoms with E-state index >= 15 is 0 Å². The molecule has 0 aromatic rings. The molecule has 0 spiro atoms. The van der Waals surface area contributed by atoms with E-state index in [0.717, 1.165) is 32.4 Å². The van der Waals surface area contributed by atoms with E-state index in [1.165, 1.54) is 6.42 Å². The van der Waals surface area contributed by atoms with E-state index < -0.39 is 12.0 Å². The van der Waals surface area contributed by atoms with Gasteiger partial charge in [0, 0.05) is 18.6 Å². The fourth-order valence-electron chi connectivity index (χ4n) is 3.29. The minimum atomic E-state index is -0.969. The van der Waals surface area contributed by atoms with Crippen LogP contribution in [0.4, 0.5) is 4.79 Å². The summed E-state index contributed by atoms with van der Waals surface area (Å²) in [5.74, 6) is -1.05. The van der Waals surface area contributed by atoms with Gasteiger partial charge in [0.05, 0.1) is 0 Å². The Morgan fingerprint density at radius 3 is 2.75 bits per heavy atom. The molecule has 0 aromatic carbocycles. The molecule has 2 amide bonds. The molecule has 0 bridgehead atoms. The van der Waals surface area contributed by atoms with E-state index in [-0.39, 0.29) is 18.0 Å². The van der Waals surface area contributed by atoms with Gasteiger partial charge in [-0.1, -0.05) is 20.3 Å². The van der Waals surface area contributed by atoms with Crippen LogP contribution < -0.4 is 10.6 Å². The van der Waals surface area contributed by atoms with Crippen molar-refractivity contribution in [3.05, 3.63) is 0 Å². The van der Waals surface area contributed by atoms with Crippen molar-refractivity contribution in [3.8, 4) is 0 Å². The van der Waals surface area contributed by atoms with Crippen molar-refractivity contribution in [2.75, 3.05) is 13.1 Å². The monoisotopic (exact) mass is 283 g/mol. The lowest BCUT2D eigenvalue weighted by molar-refractivity contribution is -0.140. The van der Waals surface area contributed by atoms with Crippen molar-refractivity contribution in [1.29, 1.82) is 0 Å². The van der Waals surface area contributed by atoms with E-state index in [2.05, 4.69) is 15.5 Å². The maximum Gasteiger partial charge on any atom is 0.326 e. The second kappa shape index (κ2) is 6.43. The van der Waals surface area contributed by atoms with Crippen LogP contribution in [-0.2, 0) is 4.79 Å². The number of nitrogens with one attached hydrogen (secondary N) is 2. The molecule has 6 nitrogen and oxygen atoms in total. The van der Waals surface area contributed by atoms with Crippen LogP contribution in [0.15, 0.2) is 0 Å². The minimum absolute atomic E-state index is 0.0789. The van der Waals surface area contributed by atoms with Gasteiger partial charge >= 0.3 is 12.0 Å². The number of fused-ring (bicyclic) bond motifs is 1. The Bertz CT molecular complexity index is 375. The smallest absolute Gasteiger partial charge is 0.326 e. The average molecular weight is 283 g/mol. The number of carboxylic acids is 1. The van der Waals surface area contributed by atoms with E-state index in [1.807, 2.05) is 13.8 Å². The number of carbonyl (C=O) groups is 2. The lowest BCUT2D eigenvalue weighted by Gasteiger charge is -2.24. The molecule has 4 atom stereocenters. The Hall–Kier alpha value is -1.30. The van der Waals surface area contributed by atoms with Crippen LogP contribution >= 0.6 is 0 Å². The number of carbonyl (C=O) groups excluding carboxylic acids is 1. The molecule has 2 fully saturated rings. The Balaban J connectivity index is 1.86. The second-order valence-corrected chi connectivity index (χ2v) is 5.96. The summed E-state index contributed by atoms with van der Waals surface area (Å²) in [7, 11) is 0. The third-order valence-corrected chi connectivity index (χ3v) is 4.69. The zero-order chi connectivity index (χ0) is 14.7. The Labute approximate surface area is 119 Å². The first-order valence-corrected chi connectivity index (χ1v) is 7.56. The number of rotatable bonds is 5. The highest BCUT2D eigenvalue weighted by atomic mass is 16.4. The van der Waals surface area contributed by atoms with Crippen LogP contribution in [0.3, 0.4) is 0 Å². The molecule has 2 saturated heterocycles. The summed E-state index contributed by atoms with van der Waals surface area (Å²) in [6.07, 6.45) is 3.99. The van der Waals surface area contributed by atoms with Crippen LogP contribution in [0.1, 0.15) is 39.5 Å². The van der Waals surface area contributed by atoms with Crippen molar-refractivity contribution < 1.29 is 14.7 Å². The highest BCUT2D eigenvalue weighted by Gasteiger charge is 2.38. The summed E-state index contributed by atoms with van der Waals surface area (Å²) < 4.78 is 0. The number of aliphatic carboxylic acids is 1. The average Bonchev–Trinajstić information content (AvgIpc) is 3.00. The highest BCUT2D eigenvalue weighted by molar-refractivity contribution is 5.82. The van der Waals surface area contributed by atoms with Gasteiger partial charge in [0.2, 0.25) is 0 Å². The number of hydrogen-bond acceptors (Lipinski definition) is 3. The third-order valence-electron chi connectivity index (χ3n) is 4.69. The molecular formula is C14H25N3O3. The van der Waals surface area contributed by atoms with E-state index in [4.69, 9.17) is 0 Å². The molecule has 0 aliphatic carbocycles. The van der Waals surface area contributed by atoms with E-state index in [1.54, 1.807) is 0 Å². The summed E-state index contributed by atoms with van der Waals surface area (Å²) >= 11 is 0. The largest absolute Gasteiger partial charge is 0.480 e. The Kier molecular flexibility index (Phi) is 4.86. The predicted octanol–water partition coefficient (Wildman–Crippen LogP) is 1.02. The number of nitrogens with zero attached hydrogens (tertiary/aromatic N) is 1. The van der Waals surface area contributed by atoms with Crippen LogP contribution in [-0.4, -0.2) is 53.2 Å². The topological polar surface area (TPSA) is 81.7 Å². The molecule has 2 heterocycles. The van der Waals surface area contributed by atoms with Crippen molar-refractivity contribution >= 4 is 12.0 Å². The summed E-state index contributed by atoms with van der Waals surface area (Å²) in [5.41, 5.74) is 0. The number of hydrogen-bond donors (Lipinski definition) is 3. The summed E-state index contributed by atoms with van der Waals surface area (Å²) in [5, 5.41) is 14.7. The van der Waals surface area contributed by atoms with Crippen molar-refractivity contribution in [3.63, 3.8) is 0 Å². The number of urea groups is 1. The predicted molar refractivity (Wildman–Crippen MR) is 75.5 cm³/mol. The Morgan fingerprint density at radius 1 is 1.35 bits per heavy atom. The lowest BCUT2D eigenvalue weighted by atomic mass is 9.99. The van der Waals surface area contributed by atoms with Gasteiger partial charge < -0.3 is 15.7 Å². The van der Waals surface area contributed by atoms with Crippen molar-refractivity contribution in [1.82, 2.24) is 15.5 Å². The van der Waals surface area contributed by atoms with Crippen LogP contribution in [0, 0.1) is 5.92 Å². The zero-order valence-electron chi connectivity index (χ0n) is 12.3. The highest BCUT2D eigenvalue weighted by Crippen LogP contribution is 2.27. The molecule has 2 aliphatic rings. The molecule has 2 aliphatic heterocycles. The molecule has 0 saturated carbocycles. The molecule has 2 rings (SSSR count). The zero-order valence-corrected chi connectivity index (χ0v) is 12.3. The van der Waals surface area contributed by atoms with Gasteiger partial charge in [-0.2, -0.15) is 0 Å². The third kappa shape index (κ3) is 3.23. The molecule has 3 unspecified atom stereocenters. The maximum atomic E-state index is 12.0. The first-order chi connectivity index (χ1) is 9.52. The standard InChI is InChI=1S/C14H25N3O3/c1-3-9(2)12(13(18)19)16-14(20)15-10-6-8-17-7-4-5-11(10)17/h9-12H,3-8H2,1-2H3,(H,18,19)(H2,15,16,20)/t9?,10?,11?,12-/m0/s1. The first-order valence-electron chi connectivity index (χ1n) is 7.56. The number of amides is 2. The molecule has 20 heavy (non-hydrogen) atoms.